The Morgan fingerprint density at radius 3 is 2.55 bits per heavy atom. The van der Waals surface area contributed by atoms with Crippen LogP contribution in [-0.2, 0) is 4.74 Å². The minimum absolute atomic E-state index is 0.102. The molecule has 0 saturated carbocycles. The van der Waals surface area contributed by atoms with Gasteiger partial charge in [-0.3, -0.25) is 0 Å². The number of benzene rings is 1. The van der Waals surface area contributed by atoms with Gasteiger partial charge in [-0.25, -0.2) is 0 Å². The molecule has 2 atom stereocenters. The number of hydrogen-bond acceptors (Lipinski definition) is 2. The smallest absolute Gasteiger partial charge is 0.120 e. The summed E-state index contributed by atoms with van der Waals surface area (Å²) in [5, 5.41) is 0. The van der Waals surface area contributed by atoms with Crippen LogP contribution in [0.15, 0.2) is 42.0 Å². The molecule has 1 saturated heterocycles. The molecule has 1 aromatic carbocycles. The largest absolute Gasteiger partial charge is 0.486 e. The Hall–Kier alpha value is -1.28. The van der Waals surface area contributed by atoms with Crippen LogP contribution < -0.4 is 4.74 Å². The van der Waals surface area contributed by atoms with Gasteiger partial charge in [0.15, 0.2) is 0 Å². The van der Waals surface area contributed by atoms with Crippen LogP contribution in [0, 0.1) is 0 Å². The van der Waals surface area contributed by atoms with Gasteiger partial charge in [0.1, 0.15) is 11.9 Å². The second-order valence-corrected chi connectivity index (χ2v) is 6.14. The molecule has 2 nitrogen and oxygen atoms in total. The van der Waals surface area contributed by atoms with E-state index in [0.29, 0.717) is 6.10 Å². The van der Waals surface area contributed by atoms with Crippen LogP contribution >= 0.6 is 0 Å². The summed E-state index contributed by atoms with van der Waals surface area (Å²) in [6, 6.07) is 10.0. The third-order valence-corrected chi connectivity index (χ3v) is 3.87. The normalized spacial score (nSPS) is 22.4. The highest BCUT2D eigenvalue weighted by atomic mass is 16.6. The molecule has 0 aromatic heterocycles. The van der Waals surface area contributed by atoms with Gasteiger partial charge in [-0.1, -0.05) is 30.7 Å². The summed E-state index contributed by atoms with van der Waals surface area (Å²) in [5.74, 6) is 0.940. The highest BCUT2D eigenvalue weighted by Crippen LogP contribution is 2.38. The predicted octanol–water partition coefficient (Wildman–Crippen LogP) is 4.75. The summed E-state index contributed by atoms with van der Waals surface area (Å²) in [5.41, 5.74) is 1.49. The summed E-state index contributed by atoms with van der Waals surface area (Å²) < 4.78 is 11.6. The Balaban J connectivity index is 1.83. The van der Waals surface area contributed by atoms with E-state index >= 15 is 0 Å². The number of para-hydroxylation sites is 1. The van der Waals surface area contributed by atoms with Gasteiger partial charge in [-0.05, 0) is 58.2 Å². The number of rotatable bonds is 7. The second kappa shape index (κ2) is 6.45. The van der Waals surface area contributed by atoms with Gasteiger partial charge in [0.25, 0.3) is 0 Å². The molecule has 0 spiro atoms. The molecule has 1 heterocycles. The first-order valence-electron chi connectivity index (χ1n) is 7.58. The first-order valence-corrected chi connectivity index (χ1v) is 7.58. The Morgan fingerprint density at radius 1 is 1.35 bits per heavy atom. The van der Waals surface area contributed by atoms with Crippen molar-refractivity contribution in [3.05, 3.63) is 42.0 Å². The van der Waals surface area contributed by atoms with Gasteiger partial charge >= 0.3 is 0 Å². The topological polar surface area (TPSA) is 21.8 Å². The van der Waals surface area contributed by atoms with Gasteiger partial charge < -0.3 is 9.47 Å². The van der Waals surface area contributed by atoms with E-state index in [-0.39, 0.29) is 11.7 Å². The summed E-state index contributed by atoms with van der Waals surface area (Å²) in [4.78, 5) is 0. The molecule has 0 bridgehead atoms. The van der Waals surface area contributed by atoms with Crippen molar-refractivity contribution >= 4 is 0 Å². The molecule has 20 heavy (non-hydrogen) atoms. The fourth-order valence-corrected chi connectivity index (χ4v) is 2.41. The van der Waals surface area contributed by atoms with E-state index < -0.39 is 0 Å². The van der Waals surface area contributed by atoms with Gasteiger partial charge in [0, 0.05) is 0 Å². The monoisotopic (exact) mass is 274 g/mol. The van der Waals surface area contributed by atoms with E-state index in [9.17, 15) is 0 Å². The minimum atomic E-state index is 0.102. The molecule has 0 amide bonds. The van der Waals surface area contributed by atoms with E-state index in [2.05, 4.69) is 33.8 Å². The third-order valence-electron chi connectivity index (χ3n) is 3.87. The van der Waals surface area contributed by atoms with Crippen molar-refractivity contribution in [2.45, 2.75) is 64.8 Å². The molecule has 0 radical (unpaired) electrons. The van der Waals surface area contributed by atoms with E-state index in [1.54, 1.807) is 0 Å². The Bertz CT molecular complexity index is 448. The van der Waals surface area contributed by atoms with Crippen molar-refractivity contribution in [3.8, 4) is 5.75 Å². The van der Waals surface area contributed by atoms with E-state index in [1.807, 2.05) is 30.3 Å². The SMILES string of the molecule is CCC(C=C(C)CCC1OC1(C)C)Oc1ccccc1. The lowest BCUT2D eigenvalue weighted by atomic mass is 10.0. The molecular weight excluding hydrogens is 248 g/mol. The fraction of sp³-hybridized carbons (Fsp3) is 0.556. The zero-order valence-electron chi connectivity index (χ0n) is 13.1. The van der Waals surface area contributed by atoms with Crippen molar-refractivity contribution in [2.75, 3.05) is 0 Å². The second-order valence-electron chi connectivity index (χ2n) is 6.14. The molecule has 1 aromatic rings. The Kier molecular flexibility index (Phi) is 4.87. The molecule has 2 heteroatoms. The molecule has 1 aliphatic heterocycles. The highest BCUT2D eigenvalue weighted by Gasteiger charge is 2.46. The summed E-state index contributed by atoms with van der Waals surface area (Å²) in [6.45, 7) is 8.66. The fourth-order valence-electron chi connectivity index (χ4n) is 2.41. The molecule has 1 aliphatic rings. The van der Waals surface area contributed by atoms with Crippen LogP contribution in [0.3, 0.4) is 0 Å². The Morgan fingerprint density at radius 2 is 2.00 bits per heavy atom. The maximum atomic E-state index is 5.99. The summed E-state index contributed by atoms with van der Waals surface area (Å²) >= 11 is 0. The first-order chi connectivity index (χ1) is 9.51. The Labute approximate surface area is 122 Å². The molecule has 0 aliphatic carbocycles. The van der Waals surface area contributed by atoms with Crippen LogP contribution in [0.2, 0.25) is 0 Å². The van der Waals surface area contributed by atoms with Crippen LogP contribution in [-0.4, -0.2) is 17.8 Å². The zero-order chi connectivity index (χ0) is 14.6. The third kappa shape index (κ3) is 4.38. The quantitative estimate of drug-likeness (QED) is 0.529. The lowest BCUT2D eigenvalue weighted by Crippen LogP contribution is -2.13. The lowest BCUT2D eigenvalue weighted by Gasteiger charge is -2.15. The standard InChI is InChI=1S/C18H26O2/c1-5-15(19-16-9-7-6-8-10-16)13-14(2)11-12-17-18(3,4)20-17/h6-10,13,15,17H,5,11-12H2,1-4H3. The summed E-state index contributed by atoms with van der Waals surface area (Å²) in [6.07, 6.45) is 6.02. The van der Waals surface area contributed by atoms with Crippen molar-refractivity contribution in [3.63, 3.8) is 0 Å². The number of ether oxygens (including phenoxy) is 2. The zero-order valence-corrected chi connectivity index (χ0v) is 13.1. The van der Waals surface area contributed by atoms with E-state index in [0.717, 1.165) is 25.0 Å². The molecular formula is C18H26O2. The lowest BCUT2D eigenvalue weighted by molar-refractivity contribution is 0.243. The van der Waals surface area contributed by atoms with Gasteiger partial charge in [-0.15, -0.1) is 0 Å². The molecule has 2 rings (SSSR count). The average molecular weight is 274 g/mol. The van der Waals surface area contributed by atoms with Crippen LogP contribution in [0.5, 0.6) is 5.75 Å². The van der Waals surface area contributed by atoms with Crippen LogP contribution in [0.4, 0.5) is 0 Å². The maximum Gasteiger partial charge on any atom is 0.120 e. The average Bonchev–Trinajstić information content (AvgIpc) is 3.04. The summed E-state index contributed by atoms with van der Waals surface area (Å²) in [7, 11) is 0. The number of hydrogen-bond donors (Lipinski definition) is 0. The van der Waals surface area contributed by atoms with E-state index in [1.165, 1.54) is 5.57 Å². The van der Waals surface area contributed by atoms with Crippen LogP contribution in [0.1, 0.15) is 47.0 Å². The molecule has 0 N–H and O–H groups in total. The predicted molar refractivity (Wildman–Crippen MR) is 83.1 cm³/mol. The highest BCUT2D eigenvalue weighted by molar-refractivity contribution is 5.22. The maximum absolute atomic E-state index is 5.99. The van der Waals surface area contributed by atoms with Crippen molar-refractivity contribution in [1.82, 2.24) is 0 Å². The van der Waals surface area contributed by atoms with Crippen molar-refractivity contribution in [1.29, 1.82) is 0 Å². The van der Waals surface area contributed by atoms with Gasteiger partial charge in [0.05, 0.1) is 11.7 Å². The molecule has 2 unspecified atom stereocenters. The van der Waals surface area contributed by atoms with Crippen molar-refractivity contribution in [2.24, 2.45) is 0 Å². The molecule has 1 fully saturated rings. The number of allylic oxidation sites excluding steroid dienone is 1. The van der Waals surface area contributed by atoms with E-state index in [4.69, 9.17) is 9.47 Å². The number of epoxide rings is 1. The molecule has 110 valence electrons. The minimum Gasteiger partial charge on any atom is -0.486 e. The van der Waals surface area contributed by atoms with Crippen LogP contribution in [0.25, 0.3) is 0 Å². The first kappa shape index (κ1) is 15.1. The van der Waals surface area contributed by atoms with Gasteiger partial charge in [-0.2, -0.15) is 0 Å². The van der Waals surface area contributed by atoms with Crippen molar-refractivity contribution < 1.29 is 9.47 Å². The van der Waals surface area contributed by atoms with Gasteiger partial charge in [0.2, 0.25) is 0 Å².